The zero-order valence-electron chi connectivity index (χ0n) is 11.5. The van der Waals surface area contributed by atoms with Gasteiger partial charge in [0.25, 0.3) is 0 Å². The fraction of sp³-hybridized carbons (Fsp3) is 0.438. The summed E-state index contributed by atoms with van der Waals surface area (Å²) in [5, 5.41) is 0. The van der Waals surface area contributed by atoms with E-state index >= 15 is 0 Å². The number of halogens is 1. The molecule has 2 aromatic rings. The summed E-state index contributed by atoms with van der Waals surface area (Å²) >= 11 is 0. The highest BCUT2D eigenvalue weighted by Crippen LogP contribution is 2.23. The van der Waals surface area contributed by atoms with Gasteiger partial charge < -0.3 is 4.57 Å². The van der Waals surface area contributed by atoms with Crippen molar-refractivity contribution in [2.45, 2.75) is 46.1 Å². The average Bonchev–Trinajstić information content (AvgIpc) is 2.71. The molecule has 0 bridgehead atoms. The minimum absolute atomic E-state index is 0.160. The Morgan fingerprint density at radius 1 is 1.21 bits per heavy atom. The van der Waals surface area contributed by atoms with Crippen LogP contribution in [0.1, 0.15) is 41.2 Å². The van der Waals surface area contributed by atoms with E-state index in [1.807, 2.05) is 19.9 Å². The van der Waals surface area contributed by atoms with Gasteiger partial charge in [0.1, 0.15) is 11.6 Å². The molecule has 2 nitrogen and oxygen atoms in total. The molecule has 0 saturated heterocycles. The van der Waals surface area contributed by atoms with Crippen molar-refractivity contribution in [3.8, 4) is 0 Å². The van der Waals surface area contributed by atoms with Gasteiger partial charge in [-0.1, -0.05) is 6.07 Å². The van der Waals surface area contributed by atoms with Crippen LogP contribution in [-0.2, 0) is 19.4 Å². The van der Waals surface area contributed by atoms with Gasteiger partial charge >= 0.3 is 0 Å². The molecule has 3 rings (SSSR count). The van der Waals surface area contributed by atoms with E-state index in [0.29, 0.717) is 0 Å². The molecule has 0 saturated carbocycles. The van der Waals surface area contributed by atoms with Gasteiger partial charge in [-0.05, 0) is 62.8 Å². The van der Waals surface area contributed by atoms with E-state index in [1.165, 1.54) is 30.3 Å². The van der Waals surface area contributed by atoms with Gasteiger partial charge in [0.15, 0.2) is 0 Å². The van der Waals surface area contributed by atoms with Crippen LogP contribution in [-0.4, -0.2) is 9.55 Å². The molecular formula is C16H19FN2. The normalized spacial score (nSPS) is 14.5. The smallest absolute Gasteiger partial charge is 0.123 e. The standard InChI is InChI=1S/C16H19FN2/c1-11-7-8-14(17)9-13(11)10-19-12(2)18-15-5-3-4-6-16(15)19/h7-9H,3-6,10H2,1-2H3. The maximum Gasteiger partial charge on any atom is 0.123 e. The largest absolute Gasteiger partial charge is 0.328 e. The van der Waals surface area contributed by atoms with Crippen molar-refractivity contribution < 1.29 is 4.39 Å². The SMILES string of the molecule is Cc1ccc(F)cc1Cn1c(C)nc2c1CCCC2. The molecule has 0 N–H and O–H groups in total. The van der Waals surface area contributed by atoms with E-state index in [0.717, 1.165) is 36.3 Å². The lowest BCUT2D eigenvalue weighted by Gasteiger charge is -2.16. The van der Waals surface area contributed by atoms with E-state index in [-0.39, 0.29) is 5.82 Å². The molecule has 0 fully saturated rings. The van der Waals surface area contributed by atoms with Crippen molar-refractivity contribution in [3.63, 3.8) is 0 Å². The van der Waals surface area contributed by atoms with Crippen molar-refractivity contribution in [2.75, 3.05) is 0 Å². The Hall–Kier alpha value is -1.64. The number of rotatable bonds is 2. The van der Waals surface area contributed by atoms with E-state index in [1.54, 1.807) is 6.07 Å². The van der Waals surface area contributed by atoms with Gasteiger partial charge in [0.05, 0.1) is 5.69 Å². The number of hydrogen-bond acceptors (Lipinski definition) is 1. The summed E-state index contributed by atoms with van der Waals surface area (Å²) in [6.07, 6.45) is 4.67. The zero-order valence-corrected chi connectivity index (χ0v) is 11.5. The van der Waals surface area contributed by atoms with Crippen LogP contribution in [0.25, 0.3) is 0 Å². The number of imidazole rings is 1. The van der Waals surface area contributed by atoms with Gasteiger partial charge in [-0.3, -0.25) is 0 Å². The van der Waals surface area contributed by atoms with Crippen molar-refractivity contribution in [2.24, 2.45) is 0 Å². The molecule has 0 atom stereocenters. The van der Waals surface area contributed by atoms with Crippen molar-refractivity contribution in [3.05, 3.63) is 52.4 Å². The van der Waals surface area contributed by atoms with Crippen LogP contribution >= 0.6 is 0 Å². The molecule has 0 unspecified atom stereocenters. The Balaban J connectivity index is 1.99. The number of nitrogens with zero attached hydrogens (tertiary/aromatic N) is 2. The Morgan fingerprint density at radius 2 is 2.00 bits per heavy atom. The van der Waals surface area contributed by atoms with Crippen LogP contribution in [0.15, 0.2) is 18.2 Å². The Morgan fingerprint density at radius 3 is 2.84 bits per heavy atom. The molecule has 0 radical (unpaired) electrons. The van der Waals surface area contributed by atoms with E-state index in [2.05, 4.69) is 9.55 Å². The molecule has 1 aliphatic carbocycles. The molecule has 0 spiro atoms. The van der Waals surface area contributed by atoms with Gasteiger partial charge in [0, 0.05) is 12.2 Å². The maximum absolute atomic E-state index is 13.4. The van der Waals surface area contributed by atoms with E-state index < -0.39 is 0 Å². The van der Waals surface area contributed by atoms with Crippen molar-refractivity contribution in [1.29, 1.82) is 0 Å². The molecule has 0 aliphatic heterocycles. The van der Waals surface area contributed by atoms with Gasteiger partial charge in [-0.25, -0.2) is 9.37 Å². The van der Waals surface area contributed by atoms with Crippen LogP contribution in [0.2, 0.25) is 0 Å². The lowest BCUT2D eigenvalue weighted by atomic mass is 10.0. The first-order valence-corrected chi connectivity index (χ1v) is 6.95. The molecule has 3 heteroatoms. The molecule has 0 amide bonds. The predicted molar refractivity (Wildman–Crippen MR) is 73.8 cm³/mol. The van der Waals surface area contributed by atoms with Crippen LogP contribution in [0.3, 0.4) is 0 Å². The van der Waals surface area contributed by atoms with E-state index in [9.17, 15) is 4.39 Å². The number of fused-ring (bicyclic) bond motifs is 1. The third kappa shape index (κ3) is 2.29. The summed E-state index contributed by atoms with van der Waals surface area (Å²) in [4.78, 5) is 4.67. The molecule has 1 heterocycles. The van der Waals surface area contributed by atoms with Crippen LogP contribution in [0.4, 0.5) is 4.39 Å². The molecule has 1 aromatic heterocycles. The summed E-state index contributed by atoms with van der Waals surface area (Å²) in [7, 11) is 0. The summed E-state index contributed by atoms with van der Waals surface area (Å²) in [5.74, 6) is 0.891. The number of aromatic nitrogens is 2. The van der Waals surface area contributed by atoms with Gasteiger partial charge in [0.2, 0.25) is 0 Å². The minimum Gasteiger partial charge on any atom is -0.328 e. The summed E-state index contributed by atoms with van der Waals surface area (Å²) < 4.78 is 15.7. The average molecular weight is 258 g/mol. The molecule has 1 aliphatic rings. The van der Waals surface area contributed by atoms with Crippen LogP contribution in [0, 0.1) is 19.7 Å². The zero-order chi connectivity index (χ0) is 13.4. The molecule has 100 valence electrons. The fourth-order valence-corrected chi connectivity index (χ4v) is 2.93. The minimum atomic E-state index is -0.160. The highest BCUT2D eigenvalue weighted by atomic mass is 19.1. The number of aryl methyl sites for hydroxylation is 3. The second kappa shape index (κ2) is 4.80. The lowest BCUT2D eigenvalue weighted by Crippen LogP contribution is -2.11. The van der Waals surface area contributed by atoms with Crippen LogP contribution < -0.4 is 0 Å². The monoisotopic (exact) mass is 258 g/mol. The number of hydrogen-bond donors (Lipinski definition) is 0. The Labute approximate surface area is 113 Å². The molecule has 19 heavy (non-hydrogen) atoms. The molecular weight excluding hydrogens is 239 g/mol. The lowest BCUT2D eigenvalue weighted by molar-refractivity contribution is 0.610. The highest BCUT2D eigenvalue weighted by Gasteiger charge is 2.18. The van der Waals surface area contributed by atoms with Gasteiger partial charge in [-0.15, -0.1) is 0 Å². The quantitative estimate of drug-likeness (QED) is 0.805. The topological polar surface area (TPSA) is 17.8 Å². The van der Waals surface area contributed by atoms with Crippen molar-refractivity contribution in [1.82, 2.24) is 9.55 Å². The predicted octanol–water partition coefficient (Wildman–Crippen LogP) is 3.57. The third-order valence-electron chi connectivity index (χ3n) is 4.06. The first kappa shape index (κ1) is 12.4. The second-order valence-corrected chi connectivity index (χ2v) is 5.42. The van der Waals surface area contributed by atoms with E-state index in [4.69, 9.17) is 0 Å². The summed E-state index contributed by atoms with van der Waals surface area (Å²) in [6.45, 7) is 4.82. The first-order chi connectivity index (χ1) is 9.15. The third-order valence-corrected chi connectivity index (χ3v) is 4.06. The molecule has 1 aromatic carbocycles. The van der Waals surface area contributed by atoms with Crippen LogP contribution in [0.5, 0.6) is 0 Å². The summed E-state index contributed by atoms with van der Waals surface area (Å²) in [6, 6.07) is 5.02. The highest BCUT2D eigenvalue weighted by molar-refractivity contribution is 5.29. The van der Waals surface area contributed by atoms with Crippen molar-refractivity contribution >= 4 is 0 Å². The second-order valence-electron chi connectivity index (χ2n) is 5.42. The number of benzene rings is 1. The van der Waals surface area contributed by atoms with Gasteiger partial charge in [-0.2, -0.15) is 0 Å². The summed E-state index contributed by atoms with van der Waals surface area (Å²) in [5.41, 5.74) is 4.79. The first-order valence-electron chi connectivity index (χ1n) is 6.95. The Kier molecular flexibility index (Phi) is 3.13. The maximum atomic E-state index is 13.4. The fourth-order valence-electron chi connectivity index (χ4n) is 2.93. The Bertz CT molecular complexity index is 613.